The van der Waals surface area contributed by atoms with Crippen LogP contribution in [0.3, 0.4) is 0 Å². The van der Waals surface area contributed by atoms with Crippen LogP contribution in [-0.4, -0.2) is 39.2 Å². The minimum Gasteiger partial charge on any atom is -0.347 e. The summed E-state index contributed by atoms with van der Waals surface area (Å²) in [5.41, 5.74) is 1.57. The minimum absolute atomic E-state index is 0.157. The van der Waals surface area contributed by atoms with Crippen molar-refractivity contribution in [2.45, 2.75) is 26.3 Å². The molecule has 1 N–H and O–H groups in total. The molecule has 7 heteroatoms. The molecule has 4 rings (SSSR count). The predicted octanol–water partition coefficient (Wildman–Crippen LogP) is 3.28. The van der Waals surface area contributed by atoms with Gasteiger partial charge in [-0.3, -0.25) is 14.0 Å². The van der Waals surface area contributed by atoms with Gasteiger partial charge in [0.25, 0.3) is 11.8 Å². The summed E-state index contributed by atoms with van der Waals surface area (Å²) < 4.78 is 14.7. The summed E-state index contributed by atoms with van der Waals surface area (Å²) in [4.78, 5) is 32.0. The smallest absolute Gasteiger partial charge is 0.290 e. The Morgan fingerprint density at radius 2 is 1.86 bits per heavy atom. The van der Waals surface area contributed by atoms with Gasteiger partial charge in [0.2, 0.25) is 5.82 Å². The van der Waals surface area contributed by atoms with Gasteiger partial charge in [0, 0.05) is 25.8 Å². The van der Waals surface area contributed by atoms with E-state index >= 15 is 0 Å². The largest absolute Gasteiger partial charge is 0.347 e. The molecule has 0 spiro atoms. The SMILES string of the molecule is CC1CCN(C(=O)c2nc(C(=O)NCc3ccc(F)cc3)c3ccccn23)CC1. The van der Waals surface area contributed by atoms with Gasteiger partial charge in [0.05, 0.1) is 5.52 Å². The molecule has 3 aromatic rings. The molecule has 1 aliphatic rings. The fourth-order valence-corrected chi connectivity index (χ4v) is 3.58. The molecule has 1 aliphatic heterocycles. The van der Waals surface area contributed by atoms with Gasteiger partial charge in [-0.15, -0.1) is 0 Å². The summed E-state index contributed by atoms with van der Waals surface area (Å²) in [6.07, 6.45) is 3.69. The standard InChI is InChI=1S/C22H23FN4O2/c1-15-9-12-26(13-10-15)22(29)20-25-19(18-4-2-3-11-27(18)20)21(28)24-14-16-5-7-17(23)8-6-16/h2-8,11,15H,9-10,12-14H2,1H3,(H,24,28). The van der Waals surface area contributed by atoms with E-state index in [9.17, 15) is 14.0 Å². The molecule has 0 atom stereocenters. The number of hydrogen-bond acceptors (Lipinski definition) is 3. The van der Waals surface area contributed by atoms with E-state index < -0.39 is 0 Å². The lowest BCUT2D eigenvalue weighted by molar-refractivity contribution is 0.0684. The van der Waals surface area contributed by atoms with E-state index in [1.54, 1.807) is 28.8 Å². The molecule has 1 aromatic carbocycles. The van der Waals surface area contributed by atoms with Crippen LogP contribution in [0.2, 0.25) is 0 Å². The average Bonchev–Trinajstić information content (AvgIpc) is 3.13. The van der Waals surface area contributed by atoms with Crippen LogP contribution in [0.4, 0.5) is 4.39 Å². The molecule has 29 heavy (non-hydrogen) atoms. The highest BCUT2D eigenvalue weighted by Gasteiger charge is 2.27. The average molecular weight is 394 g/mol. The van der Waals surface area contributed by atoms with Crippen molar-refractivity contribution in [1.29, 1.82) is 0 Å². The van der Waals surface area contributed by atoms with Crippen molar-refractivity contribution in [3.63, 3.8) is 0 Å². The number of carbonyl (C=O) groups is 2. The summed E-state index contributed by atoms with van der Waals surface area (Å²) in [5, 5.41) is 2.80. The number of fused-ring (bicyclic) bond motifs is 1. The Hall–Kier alpha value is -3.22. The highest BCUT2D eigenvalue weighted by Crippen LogP contribution is 2.20. The maximum absolute atomic E-state index is 13.0. The van der Waals surface area contributed by atoms with Crippen LogP contribution in [0.25, 0.3) is 5.52 Å². The number of amides is 2. The first-order valence-electron chi connectivity index (χ1n) is 9.82. The van der Waals surface area contributed by atoms with Crippen LogP contribution in [0.1, 0.15) is 46.4 Å². The van der Waals surface area contributed by atoms with Crippen molar-refractivity contribution in [1.82, 2.24) is 19.6 Å². The number of aromatic nitrogens is 2. The zero-order chi connectivity index (χ0) is 20.4. The predicted molar refractivity (Wildman–Crippen MR) is 107 cm³/mol. The van der Waals surface area contributed by atoms with Gasteiger partial charge in [-0.1, -0.05) is 25.1 Å². The maximum Gasteiger partial charge on any atom is 0.290 e. The number of piperidine rings is 1. The number of hydrogen-bond donors (Lipinski definition) is 1. The second-order valence-electron chi connectivity index (χ2n) is 7.52. The van der Waals surface area contributed by atoms with E-state index in [-0.39, 0.29) is 35.7 Å². The van der Waals surface area contributed by atoms with E-state index in [0.29, 0.717) is 24.5 Å². The van der Waals surface area contributed by atoms with Crippen molar-refractivity contribution in [3.05, 3.63) is 71.6 Å². The van der Waals surface area contributed by atoms with Crippen LogP contribution < -0.4 is 5.32 Å². The molecule has 0 saturated carbocycles. The monoisotopic (exact) mass is 394 g/mol. The number of benzene rings is 1. The summed E-state index contributed by atoms with van der Waals surface area (Å²) in [6, 6.07) is 11.3. The molecule has 1 saturated heterocycles. The quantitative estimate of drug-likeness (QED) is 0.739. The molecule has 0 radical (unpaired) electrons. The molecule has 2 amide bonds. The van der Waals surface area contributed by atoms with Crippen LogP contribution in [-0.2, 0) is 6.54 Å². The lowest BCUT2D eigenvalue weighted by Crippen LogP contribution is -2.38. The van der Waals surface area contributed by atoms with Crippen molar-refractivity contribution in [2.75, 3.05) is 13.1 Å². The summed E-state index contributed by atoms with van der Waals surface area (Å²) in [7, 11) is 0. The third-order valence-corrected chi connectivity index (χ3v) is 5.39. The summed E-state index contributed by atoms with van der Waals surface area (Å²) >= 11 is 0. The third kappa shape index (κ3) is 3.99. The highest BCUT2D eigenvalue weighted by atomic mass is 19.1. The number of rotatable bonds is 4. The lowest BCUT2D eigenvalue weighted by atomic mass is 9.99. The first kappa shape index (κ1) is 19.1. The Balaban J connectivity index is 1.57. The number of imidazole rings is 1. The van der Waals surface area contributed by atoms with Crippen molar-refractivity contribution >= 4 is 17.3 Å². The molecule has 0 unspecified atom stereocenters. The van der Waals surface area contributed by atoms with E-state index in [1.807, 2.05) is 17.0 Å². The minimum atomic E-state index is -0.371. The Morgan fingerprint density at radius 1 is 1.14 bits per heavy atom. The second-order valence-corrected chi connectivity index (χ2v) is 7.52. The molecule has 150 valence electrons. The summed E-state index contributed by atoms with van der Waals surface area (Å²) in [6.45, 7) is 3.84. The molecule has 6 nitrogen and oxygen atoms in total. The van der Waals surface area contributed by atoms with Gasteiger partial charge >= 0.3 is 0 Å². The first-order valence-corrected chi connectivity index (χ1v) is 9.82. The van der Waals surface area contributed by atoms with Crippen molar-refractivity contribution in [3.8, 4) is 0 Å². The molecule has 0 aliphatic carbocycles. The number of likely N-dealkylation sites (tertiary alicyclic amines) is 1. The van der Waals surface area contributed by atoms with Crippen molar-refractivity contribution < 1.29 is 14.0 Å². The van der Waals surface area contributed by atoms with E-state index in [1.165, 1.54) is 12.1 Å². The first-order chi connectivity index (χ1) is 14.0. The molecule has 1 fully saturated rings. The van der Waals surface area contributed by atoms with Crippen LogP contribution >= 0.6 is 0 Å². The number of pyridine rings is 1. The topological polar surface area (TPSA) is 66.7 Å². The Labute approximate surface area is 168 Å². The van der Waals surface area contributed by atoms with Crippen molar-refractivity contribution in [2.24, 2.45) is 5.92 Å². The van der Waals surface area contributed by atoms with Gasteiger partial charge < -0.3 is 10.2 Å². The summed E-state index contributed by atoms with van der Waals surface area (Å²) in [5.74, 6) is 0.0152. The normalized spacial score (nSPS) is 14.9. The Morgan fingerprint density at radius 3 is 2.59 bits per heavy atom. The second kappa shape index (κ2) is 8.03. The van der Waals surface area contributed by atoms with E-state index in [2.05, 4.69) is 17.2 Å². The zero-order valence-electron chi connectivity index (χ0n) is 16.3. The number of nitrogens with one attached hydrogen (secondary N) is 1. The van der Waals surface area contributed by atoms with Crippen LogP contribution in [0.5, 0.6) is 0 Å². The number of halogens is 1. The number of nitrogens with zero attached hydrogens (tertiary/aromatic N) is 3. The van der Waals surface area contributed by atoms with Gasteiger partial charge in [0.1, 0.15) is 5.82 Å². The third-order valence-electron chi connectivity index (χ3n) is 5.39. The Bertz CT molecular complexity index is 1040. The molecular weight excluding hydrogens is 371 g/mol. The van der Waals surface area contributed by atoms with Gasteiger partial charge in [-0.25, -0.2) is 9.37 Å². The number of carbonyl (C=O) groups excluding carboxylic acids is 2. The highest BCUT2D eigenvalue weighted by molar-refractivity contribution is 6.02. The van der Waals surface area contributed by atoms with Gasteiger partial charge in [0.15, 0.2) is 5.69 Å². The van der Waals surface area contributed by atoms with Crippen LogP contribution in [0.15, 0.2) is 48.7 Å². The van der Waals surface area contributed by atoms with Gasteiger partial charge in [-0.05, 0) is 48.6 Å². The van der Waals surface area contributed by atoms with Crippen LogP contribution in [0, 0.1) is 11.7 Å². The maximum atomic E-state index is 13.0. The molecule has 3 heterocycles. The van der Waals surface area contributed by atoms with E-state index in [4.69, 9.17) is 0 Å². The Kier molecular flexibility index (Phi) is 5.29. The molecular formula is C22H23FN4O2. The fourth-order valence-electron chi connectivity index (χ4n) is 3.58. The fraction of sp³-hybridized carbons (Fsp3) is 0.318. The molecule has 2 aromatic heterocycles. The lowest BCUT2D eigenvalue weighted by Gasteiger charge is -2.29. The van der Waals surface area contributed by atoms with E-state index in [0.717, 1.165) is 18.4 Å². The van der Waals surface area contributed by atoms with Gasteiger partial charge in [-0.2, -0.15) is 0 Å². The zero-order valence-corrected chi connectivity index (χ0v) is 16.3. The molecule has 0 bridgehead atoms.